The number of anilines is 2. The number of imide groups is 1. The summed E-state index contributed by atoms with van der Waals surface area (Å²) in [6, 6.07) is 19.5. The van der Waals surface area contributed by atoms with Crippen LogP contribution in [0.1, 0.15) is 31.2 Å². The number of Topliss-reactive ketones (excluding diaryl/α,β-unsaturated/α-hetero) is 1. The number of ether oxygens (including phenoxy) is 1. The third kappa shape index (κ3) is 4.95. The number of hydrogen-bond acceptors (Lipinski definition) is 9. The summed E-state index contributed by atoms with van der Waals surface area (Å²) in [5, 5.41) is 19.9. The van der Waals surface area contributed by atoms with Crippen molar-refractivity contribution in [3.63, 3.8) is 0 Å². The first-order valence-corrected chi connectivity index (χ1v) is 15.8. The molecule has 1 fully saturated rings. The average Bonchev–Trinajstić information content (AvgIpc) is 3.35. The third-order valence-electron chi connectivity index (χ3n) is 9.88. The second-order valence-electron chi connectivity index (χ2n) is 12.8. The molecule has 10 heteroatoms. The average molecular weight is 643 g/mol. The molecular weight excluding hydrogens is 608 g/mol. The van der Waals surface area contributed by atoms with Crippen LogP contribution in [0.25, 0.3) is 0 Å². The van der Waals surface area contributed by atoms with Crippen molar-refractivity contribution in [3.8, 4) is 11.5 Å². The Kier molecular flexibility index (Phi) is 7.66. The number of benzene rings is 3. The molecule has 3 aromatic rings. The highest BCUT2D eigenvalue weighted by Crippen LogP contribution is 2.57. The van der Waals surface area contributed by atoms with E-state index in [0.29, 0.717) is 39.3 Å². The highest BCUT2D eigenvalue weighted by molar-refractivity contribution is 6.25. The molecule has 48 heavy (non-hydrogen) atoms. The second kappa shape index (κ2) is 11.9. The molecule has 0 aromatic heterocycles. The van der Waals surface area contributed by atoms with Crippen molar-refractivity contribution in [3.05, 3.63) is 107 Å². The van der Waals surface area contributed by atoms with Crippen LogP contribution in [0.4, 0.5) is 22.7 Å². The van der Waals surface area contributed by atoms with Crippen molar-refractivity contribution in [1.29, 1.82) is 0 Å². The van der Waals surface area contributed by atoms with Gasteiger partial charge >= 0.3 is 0 Å². The molecule has 10 nitrogen and oxygen atoms in total. The van der Waals surface area contributed by atoms with E-state index in [1.165, 1.54) is 18.1 Å². The van der Waals surface area contributed by atoms with Crippen molar-refractivity contribution in [1.82, 2.24) is 0 Å². The van der Waals surface area contributed by atoms with Crippen LogP contribution in [0.15, 0.2) is 111 Å². The summed E-state index contributed by atoms with van der Waals surface area (Å²) >= 11 is 0. The van der Waals surface area contributed by atoms with Crippen LogP contribution in [0.2, 0.25) is 0 Å². The molecule has 0 bridgehead atoms. The Balaban J connectivity index is 1.20. The number of phenols is 1. The van der Waals surface area contributed by atoms with Crippen LogP contribution in [0, 0.1) is 17.8 Å². The number of methoxy groups -OCH3 is 1. The van der Waals surface area contributed by atoms with Gasteiger partial charge in [-0.3, -0.25) is 24.1 Å². The topological polar surface area (TPSA) is 129 Å². The monoisotopic (exact) mass is 642 g/mol. The van der Waals surface area contributed by atoms with Gasteiger partial charge in [-0.1, -0.05) is 23.8 Å². The maximum atomic E-state index is 14.2. The largest absolute Gasteiger partial charge is 0.504 e. The number of rotatable bonds is 6. The van der Waals surface area contributed by atoms with Gasteiger partial charge in [-0.25, -0.2) is 0 Å². The Morgan fingerprint density at radius 3 is 2.19 bits per heavy atom. The Morgan fingerprint density at radius 2 is 1.54 bits per heavy atom. The molecule has 0 radical (unpaired) electrons. The summed E-state index contributed by atoms with van der Waals surface area (Å²) in [7, 11) is 5.37. The molecule has 1 N–H and O–H groups in total. The summed E-state index contributed by atoms with van der Waals surface area (Å²) in [6.07, 6.45) is 3.70. The Labute approximate surface area is 277 Å². The van der Waals surface area contributed by atoms with E-state index in [-0.39, 0.29) is 47.7 Å². The maximum absolute atomic E-state index is 14.2. The normalized spacial score (nSPS) is 23.5. The number of azo groups is 1. The zero-order valence-corrected chi connectivity index (χ0v) is 27.0. The molecule has 3 aromatic carbocycles. The molecule has 0 saturated carbocycles. The number of aromatic hydroxyl groups is 1. The van der Waals surface area contributed by atoms with E-state index in [9.17, 15) is 24.3 Å². The molecule has 2 amide bonds. The van der Waals surface area contributed by atoms with Crippen LogP contribution in [-0.4, -0.2) is 49.7 Å². The smallest absolute Gasteiger partial charge is 0.238 e. The van der Waals surface area contributed by atoms with Crippen LogP contribution >= 0.6 is 0 Å². The molecule has 1 saturated heterocycles. The van der Waals surface area contributed by atoms with Gasteiger partial charge < -0.3 is 14.7 Å². The Bertz CT molecular complexity index is 2010. The van der Waals surface area contributed by atoms with Crippen molar-refractivity contribution in [2.24, 2.45) is 28.0 Å². The lowest BCUT2D eigenvalue weighted by atomic mass is 9.59. The van der Waals surface area contributed by atoms with Gasteiger partial charge in [0.1, 0.15) is 0 Å². The minimum absolute atomic E-state index is 0.133. The molecule has 7 rings (SSSR count). The van der Waals surface area contributed by atoms with Crippen molar-refractivity contribution in [2.45, 2.75) is 25.7 Å². The van der Waals surface area contributed by atoms with Gasteiger partial charge in [0.15, 0.2) is 23.1 Å². The predicted octanol–water partition coefficient (Wildman–Crippen LogP) is 6.52. The number of fused-ring (bicyclic) bond motifs is 3. The molecule has 0 spiro atoms. The van der Waals surface area contributed by atoms with Crippen molar-refractivity contribution >= 4 is 46.1 Å². The van der Waals surface area contributed by atoms with Crippen molar-refractivity contribution < 1.29 is 29.0 Å². The number of amides is 2. The fraction of sp³-hybridized carbons (Fsp3) is 0.263. The fourth-order valence-corrected chi connectivity index (χ4v) is 7.51. The summed E-state index contributed by atoms with van der Waals surface area (Å²) in [5.41, 5.74) is 4.86. The minimum atomic E-state index is -0.768. The predicted molar refractivity (Wildman–Crippen MR) is 180 cm³/mol. The van der Waals surface area contributed by atoms with Gasteiger partial charge in [0.05, 0.1) is 36.0 Å². The number of hydrogen-bond donors (Lipinski definition) is 1. The van der Waals surface area contributed by atoms with Gasteiger partial charge in [-0.05, 0) is 86.4 Å². The maximum Gasteiger partial charge on any atom is 0.238 e. The van der Waals surface area contributed by atoms with E-state index in [2.05, 4.69) is 10.2 Å². The van der Waals surface area contributed by atoms with Gasteiger partial charge in [0, 0.05) is 48.0 Å². The molecular formula is C38H34N4O6. The molecule has 4 aliphatic rings. The molecule has 1 heterocycles. The third-order valence-corrected chi connectivity index (χ3v) is 9.88. The van der Waals surface area contributed by atoms with E-state index in [4.69, 9.17) is 4.74 Å². The lowest BCUT2D eigenvalue weighted by Crippen LogP contribution is -2.39. The lowest BCUT2D eigenvalue weighted by molar-refractivity contribution is -0.123. The quantitative estimate of drug-likeness (QED) is 0.140. The molecule has 1 aliphatic heterocycles. The highest BCUT2D eigenvalue weighted by atomic mass is 16.5. The molecule has 3 aliphatic carbocycles. The summed E-state index contributed by atoms with van der Waals surface area (Å²) < 4.78 is 5.37. The Morgan fingerprint density at radius 1 is 0.875 bits per heavy atom. The fourth-order valence-electron chi connectivity index (χ4n) is 7.51. The van der Waals surface area contributed by atoms with Crippen LogP contribution < -0.4 is 14.5 Å². The van der Waals surface area contributed by atoms with E-state index < -0.39 is 23.7 Å². The minimum Gasteiger partial charge on any atom is -0.504 e. The van der Waals surface area contributed by atoms with E-state index in [1.54, 1.807) is 49.4 Å². The van der Waals surface area contributed by atoms with E-state index >= 15 is 0 Å². The van der Waals surface area contributed by atoms with Gasteiger partial charge in [-0.15, -0.1) is 0 Å². The van der Waals surface area contributed by atoms with Crippen LogP contribution in [0.3, 0.4) is 0 Å². The zero-order chi connectivity index (χ0) is 33.9. The van der Waals surface area contributed by atoms with Crippen LogP contribution in [0.5, 0.6) is 11.5 Å². The number of para-hydroxylation sites is 1. The number of phenolic OH excluding ortho intramolecular Hbond substituents is 1. The number of carbonyl (C=O) groups is 4. The van der Waals surface area contributed by atoms with Crippen LogP contribution in [-0.2, 0) is 19.2 Å². The molecule has 0 unspecified atom stereocenters. The zero-order valence-electron chi connectivity index (χ0n) is 27.0. The van der Waals surface area contributed by atoms with Crippen molar-refractivity contribution in [2.75, 3.05) is 31.0 Å². The molecule has 242 valence electrons. The first kappa shape index (κ1) is 31.0. The van der Waals surface area contributed by atoms with E-state index in [1.807, 2.05) is 49.3 Å². The SMILES string of the molecule is COc1cccc([C@H]2C3=CC[C@@H]4C(=O)N(c5ccc(N=Nc6ccc(N(C)C)cc6)cc5)C(=O)[C@@H]4[C@@H]3CC3=C2C(=O)C(C)=CC3=O)c1O. The number of ketones is 2. The second-order valence-corrected chi connectivity index (χ2v) is 12.8. The van der Waals surface area contributed by atoms with Gasteiger partial charge in [0.2, 0.25) is 11.8 Å². The highest BCUT2D eigenvalue weighted by Gasteiger charge is 2.56. The number of nitrogens with zero attached hydrogens (tertiary/aromatic N) is 4. The first-order valence-electron chi connectivity index (χ1n) is 15.8. The number of carbonyl (C=O) groups excluding carboxylic acids is 4. The summed E-state index contributed by atoms with van der Waals surface area (Å²) in [6.45, 7) is 1.61. The lowest BCUT2D eigenvalue weighted by Gasteiger charge is -2.42. The van der Waals surface area contributed by atoms with Gasteiger partial charge in [0.25, 0.3) is 0 Å². The summed E-state index contributed by atoms with van der Waals surface area (Å²) in [5.74, 6) is -3.76. The standard InChI is InChI=1S/C38H34N4O6/c1-20-18-30(43)29-19-28-25(32(34(29)35(20)44)26-6-5-7-31(48-4)36(26)45)16-17-27-33(28)38(47)42(37(27)46)24-14-10-22(11-15-24)40-39-21-8-12-23(13-9-21)41(2)3/h5-16,18,27-28,32-33,45H,17,19H2,1-4H3/t27-,28+,32+,33-/m0/s1. The van der Waals surface area contributed by atoms with Gasteiger partial charge in [-0.2, -0.15) is 10.2 Å². The van der Waals surface area contributed by atoms with E-state index in [0.717, 1.165) is 11.3 Å². The Hall–Kier alpha value is -5.64. The number of allylic oxidation sites excluding steroid dienone is 6. The first-order chi connectivity index (χ1) is 23.1. The molecule has 4 atom stereocenters. The summed E-state index contributed by atoms with van der Waals surface area (Å²) in [4.78, 5) is 58.4.